The van der Waals surface area contributed by atoms with Gasteiger partial charge in [0.05, 0.1) is 0 Å². The van der Waals surface area contributed by atoms with E-state index in [0.717, 1.165) is 17.8 Å². The van der Waals surface area contributed by atoms with Crippen LogP contribution in [-0.2, 0) is 6.42 Å². The summed E-state index contributed by atoms with van der Waals surface area (Å²) in [6.07, 6.45) is 0.966. The molecule has 1 aromatic carbocycles. The van der Waals surface area contributed by atoms with Crippen molar-refractivity contribution in [3.8, 4) is 0 Å². The standard InChI is InChI=1S/C11H12O/c1-3-10-7-9-5-4-8(2)6-11(9)12-10/h4-7H,3H2,1-2H3. The molecule has 0 bridgehead atoms. The number of hydrogen-bond acceptors (Lipinski definition) is 1. The number of benzene rings is 1. The van der Waals surface area contributed by atoms with Crippen LogP contribution in [0, 0.1) is 6.92 Å². The molecule has 0 amide bonds. The van der Waals surface area contributed by atoms with E-state index < -0.39 is 0 Å². The highest BCUT2D eigenvalue weighted by molar-refractivity contribution is 5.78. The second-order valence-corrected chi connectivity index (χ2v) is 3.11. The lowest BCUT2D eigenvalue weighted by Crippen LogP contribution is -1.68. The molecular weight excluding hydrogens is 148 g/mol. The summed E-state index contributed by atoms with van der Waals surface area (Å²) in [6.45, 7) is 4.18. The van der Waals surface area contributed by atoms with Crippen molar-refractivity contribution in [3.05, 3.63) is 35.6 Å². The molecule has 1 heterocycles. The number of hydrogen-bond donors (Lipinski definition) is 0. The normalized spacial score (nSPS) is 10.8. The van der Waals surface area contributed by atoms with Crippen molar-refractivity contribution in [1.82, 2.24) is 0 Å². The van der Waals surface area contributed by atoms with Crippen LogP contribution in [-0.4, -0.2) is 0 Å². The Morgan fingerprint density at radius 1 is 1.25 bits per heavy atom. The second-order valence-electron chi connectivity index (χ2n) is 3.11. The molecule has 62 valence electrons. The van der Waals surface area contributed by atoms with E-state index >= 15 is 0 Å². The number of rotatable bonds is 1. The van der Waals surface area contributed by atoms with E-state index in [9.17, 15) is 0 Å². The van der Waals surface area contributed by atoms with Crippen molar-refractivity contribution < 1.29 is 4.42 Å². The summed E-state index contributed by atoms with van der Waals surface area (Å²) in [4.78, 5) is 0. The molecule has 0 aliphatic rings. The topological polar surface area (TPSA) is 13.1 Å². The lowest BCUT2D eigenvalue weighted by atomic mass is 10.2. The predicted molar refractivity (Wildman–Crippen MR) is 50.3 cm³/mol. The van der Waals surface area contributed by atoms with Gasteiger partial charge in [-0.15, -0.1) is 0 Å². The third-order valence-electron chi connectivity index (χ3n) is 2.08. The molecule has 0 saturated heterocycles. The van der Waals surface area contributed by atoms with E-state index in [4.69, 9.17) is 4.42 Å². The van der Waals surface area contributed by atoms with Gasteiger partial charge >= 0.3 is 0 Å². The maximum atomic E-state index is 5.60. The van der Waals surface area contributed by atoms with Gasteiger partial charge in [-0.2, -0.15) is 0 Å². The fourth-order valence-electron chi connectivity index (χ4n) is 1.37. The minimum Gasteiger partial charge on any atom is -0.461 e. The predicted octanol–water partition coefficient (Wildman–Crippen LogP) is 3.30. The highest BCUT2D eigenvalue weighted by Gasteiger charge is 2.00. The van der Waals surface area contributed by atoms with Gasteiger partial charge in [0.15, 0.2) is 0 Å². The fourth-order valence-corrected chi connectivity index (χ4v) is 1.37. The summed E-state index contributed by atoms with van der Waals surface area (Å²) in [5.74, 6) is 1.07. The highest BCUT2D eigenvalue weighted by atomic mass is 16.3. The number of furan rings is 1. The molecule has 0 aliphatic carbocycles. The van der Waals surface area contributed by atoms with Gasteiger partial charge in [-0.05, 0) is 24.6 Å². The summed E-state index contributed by atoms with van der Waals surface area (Å²) in [5.41, 5.74) is 2.26. The molecule has 1 heteroatoms. The second kappa shape index (κ2) is 2.67. The molecule has 0 aliphatic heterocycles. The molecular formula is C11H12O. The SMILES string of the molecule is CCc1cc2ccc(C)cc2o1. The molecule has 0 fully saturated rings. The molecule has 0 saturated carbocycles. The first-order valence-corrected chi connectivity index (χ1v) is 4.28. The lowest BCUT2D eigenvalue weighted by Gasteiger charge is -1.89. The van der Waals surface area contributed by atoms with Gasteiger partial charge in [0.25, 0.3) is 0 Å². The minimum absolute atomic E-state index is 0.966. The van der Waals surface area contributed by atoms with E-state index in [1.165, 1.54) is 10.9 Å². The van der Waals surface area contributed by atoms with Crippen molar-refractivity contribution in [1.29, 1.82) is 0 Å². The minimum atomic E-state index is 0.966. The molecule has 2 rings (SSSR count). The average molecular weight is 160 g/mol. The van der Waals surface area contributed by atoms with Crippen LogP contribution in [0.5, 0.6) is 0 Å². The Balaban J connectivity index is 2.67. The maximum Gasteiger partial charge on any atom is 0.134 e. The van der Waals surface area contributed by atoms with Crippen molar-refractivity contribution in [3.63, 3.8) is 0 Å². The Hall–Kier alpha value is -1.24. The molecule has 0 radical (unpaired) electrons. The summed E-state index contributed by atoms with van der Waals surface area (Å²) in [6, 6.07) is 8.40. The first kappa shape index (κ1) is 7.41. The van der Waals surface area contributed by atoms with Crippen LogP contribution >= 0.6 is 0 Å². The van der Waals surface area contributed by atoms with Crippen LogP contribution in [0.4, 0.5) is 0 Å². The summed E-state index contributed by atoms with van der Waals surface area (Å²) in [5, 5.41) is 1.21. The van der Waals surface area contributed by atoms with Crippen LogP contribution in [0.25, 0.3) is 11.0 Å². The summed E-state index contributed by atoms with van der Waals surface area (Å²) in [7, 11) is 0. The van der Waals surface area contributed by atoms with E-state index in [2.05, 4.69) is 38.1 Å². The Morgan fingerprint density at radius 3 is 2.83 bits per heavy atom. The first-order valence-electron chi connectivity index (χ1n) is 4.28. The van der Waals surface area contributed by atoms with Crippen LogP contribution in [0.3, 0.4) is 0 Å². The maximum absolute atomic E-state index is 5.60. The zero-order chi connectivity index (χ0) is 8.55. The summed E-state index contributed by atoms with van der Waals surface area (Å²) >= 11 is 0. The molecule has 0 unspecified atom stereocenters. The van der Waals surface area contributed by atoms with Crippen molar-refractivity contribution >= 4 is 11.0 Å². The van der Waals surface area contributed by atoms with Crippen LogP contribution < -0.4 is 0 Å². The Morgan fingerprint density at radius 2 is 2.08 bits per heavy atom. The van der Waals surface area contributed by atoms with Crippen molar-refractivity contribution in [2.45, 2.75) is 20.3 Å². The van der Waals surface area contributed by atoms with E-state index in [0.29, 0.717) is 0 Å². The monoisotopic (exact) mass is 160 g/mol. The molecule has 0 atom stereocenters. The smallest absolute Gasteiger partial charge is 0.134 e. The molecule has 2 aromatic rings. The third-order valence-corrected chi connectivity index (χ3v) is 2.08. The van der Waals surface area contributed by atoms with Crippen molar-refractivity contribution in [2.24, 2.45) is 0 Å². The average Bonchev–Trinajstić information content (AvgIpc) is 2.46. The summed E-state index contributed by atoms with van der Waals surface area (Å²) < 4.78 is 5.60. The molecule has 12 heavy (non-hydrogen) atoms. The Bertz CT molecular complexity index is 398. The van der Waals surface area contributed by atoms with Gasteiger partial charge in [-0.25, -0.2) is 0 Å². The van der Waals surface area contributed by atoms with Gasteiger partial charge in [0.2, 0.25) is 0 Å². The number of aryl methyl sites for hydroxylation is 2. The highest BCUT2D eigenvalue weighted by Crippen LogP contribution is 2.20. The van der Waals surface area contributed by atoms with Gasteiger partial charge in [0, 0.05) is 11.8 Å². The van der Waals surface area contributed by atoms with Crippen LogP contribution in [0.15, 0.2) is 28.7 Å². The zero-order valence-corrected chi connectivity index (χ0v) is 7.42. The number of fused-ring (bicyclic) bond motifs is 1. The van der Waals surface area contributed by atoms with Gasteiger partial charge < -0.3 is 4.42 Å². The van der Waals surface area contributed by atoms with Gasteiger partial charge in [0.1, 0.15) is 11.3 Å². The van der Waals surface area contributed by atoms with E-state index in [-0.39, 0.29) is 0 Å². The van der Waals surface area contributed by atoms with Gasteiger partial charge in [-0.3, -0.25) is 0 Å². The van der Waals surface area contributed by atoms with E-state index in [1.807, 2.05) is 0 Å². The van der Waals surface area contributed by atoms with Gasteiger partial charge in [-0.1, -0.05) is 19.1 Å². The first-order chi connectivity index (χ1) is 5.79. The molecule has 0 N–H and O–H groups in total. The lowest BCUT2D eigenvalue weighted by molar-refractivity contribution is 0.557. The van der Waals surface area contributed by atoms with E-state index in [1.54, 1.807) is 0 Å². The molecule has 0 spiro atoms. The van der Waals surface area contributed by atoms with Crippen molar-refractivity contribution in [2.75, 3.05) is 0 Å². The largest absolute Gasteiger partial charge is 0.461 e. The Kier molecular flexibility index (Phi) is 1.65. The quantitative estimate of drug-likeness (QED) is 0.623. The van der Waals surface area contributed by atoms with Crippen LogP contribution in [0.2, 0.25) is 0 Å². The third kappa shape index (κ3) is 1.11. The molecule has 1 aromatic heterocycles. The van der Waals surface area contributed by atoms with Crippen LogP contribution in [0.1, 0.15) is 18.2 Å². The zero-order valence-electron chi connectivity index (χ0n) is 7.42. The Labute approximate surface area is 72.0 Å². The molecule has 1 nitrogen and oxygen atoms in total. The fraction of sp³-hybridized carbons (Fsp3) is 0.273.